The van der Waals surface area contributed by atoms with Crippen LogP contribution in [0.4, 0.5) is 11.4 Å². The molecule has 1 aromatic heterocycles. The van der Waals surface area contributed by atoms with Gasteiger partial charge in [-0.25, -0.2) is 0 Å². The van der Waals surface area contributed by atoms with Gasteiger partial charge in [-0.05, 0) is 151 Å². The summed E-state index contributed by atoms with van der Waals surface area (Å²) < 4.78 is 2.40. The number of rotatable bonds is 7. The highest BCUT2D eigenvalue weighted by Gasteiger charge is 2.36. The quantitative estimate of drug-likeness (QED) is 0.118. The Morgan fingerprint density at radius 3 is 2.46 bits per heavy atom. The Balaban J connectivity index is 1.16. The van der Waals surface area contributed by atoms with Crippen LogP contribution in [0.2, 0.25) is 0 Å². The van der Waals surface area contributed by atoms with Crippen molar-refractivity contribution >= 4 is 38.9 Å². The minimum atomic E-state index is -0.107. The van der Waals surface area contributed by atoms with E-state index in [1.165, 1.54) is 77.6 Å². The van der Waals surface area contributed by atoms with Crippen molar-refractivity contribution in [3.63, 3.8) is 0 Å². The van der Waals surface area contributed by atoms with Gasteiger partial charge in [-0.3, -0.25) is 0 Å². The van der Waals surface area contributed by atoms with E-state index in [1.54, 1.807) is 0 Å². The van der Waals surface area contributed by atoms with Gasteiger partial charge in [-0.2, -0.15) is 0 Å². The average molecular weight is 725 g/mol. The van der Waals surface area contributed by atoms with Crippen LogP contribution in [0.5, 0.6) is 0 Å². The summed E-state index contributed by atoms with van der Waals surface area (Å²) in [6.07, 6.45) is 24.9. The molecule has 5 aromatic carbocycles. The molecule has 0 amide bonds. The van der Waals surface area contributed by atoms with Crippen molar-refractivity contribution in [2.24, 2.45) is 0 Å². The zero-order chi connectivity index (χ0) is 38.4. The van der Waals surface area contributed by atoms with Crippen molar-refractivity contribution in [1.82, 2.24) is 4.57 Å². The lowest BCUT2D eigenvalue weighted by molar-refractivity contribution is 0.660. The normalized spacial score (nSPS) is 16.1. The van der Waals surface area contributed by atoms with E-state index in [2.05, 4.69) is 214 Å². The Bertz CT molecular complexity index is 2800. The molecule has 274 valence electrons. The molecule has 1 heterocycles. The molecule has 0 spiro atoms. The molecular formula is C54H48N2. The summed E-state index contributed by atoms with van der Waals surface area (Å²) in [5, 5.41) is 2.53. The summed E-state index contributed by atoms with van der Waals surface area (Å²) in [7, 11) is 0. The van der Waals surface area contributed by atoms with Gasteiger partial charge in [-0.1, -0.05) is 123 Å². The van der Waals surface area contributed by atoms with Crippen LogP contribution in [0.1, 0.15) is 63.6 Å². The molecule has 2 nitrogen and oxygen atoms in total. The van der Waals surface area contributed by atoms with Crippen molar-refractivity contribution in [1.29, 1.82) is 0 Å². The zero-order valence-corrected chi connectivity index (χ0v) is 33.1. The van der Waals surface area contributed by atoms with Crippen LogP contribution >= 0.6 is 0 Å². The van der Waals surface area contributed by atoms with E-state index in [1.807, 2.05) is 0 Å². The first-order valence-electron chi connectivity index (χ1n) is 20.0. The number of para-hydroxylation sites is 1. The van der Waals surface area contributed by atoms with Crippen LogP contribution in [0.3, 0.4) is 0 Å². The van der Waals surface area contributed by atoms with E-state index < -0.39 is 0 Å². The van der Waals surface area contributed by atoms with Gasteiger partial charge in [0, 0.05) is 33.3 Å². The Morgan fingerprint density at radius 2 is 1.61 bits per heavy atom. The lowest BCUT2D eigenvalue weighted by atomic mass is 9.82. The second kappa shape index (κ2) is 14.4. The Labute approximate surface area is 331 Å². The van der Waals surface area contributed by atoms with Crippen molar-refractivity contribution < 1.29 is 0 Å². The molecule has 0 aliphatic heterocycles. The molecule has 6 aromatic rings. The van der Waals surface area contributed by atoms with E-state index >= 15 is 0 Å². The molecule has 0 bridgehead atoms. The van der Waals surface area contributed by atoms with Crippen molar-refractivity contribution in [2.45, 2.75) is 59.3 Å². The van der Waals surface area contributed by atoms with E-state index in [4.69, 9.17) is 0 Å². The lowest BCUT2D eigenvalue weighted by Crippen LogP contribution is -2.18. The fourth-order valence-corrected chi connectivity index (χ4v) is 8.96. The van der Waals surface area contributed by atoms with Crippen LogP contribution in [0.15, 0.2) is 186 Å². The highest BCUT2D eigenvalue weighted by atomic mass is 15.1. The number of nitrogens with zero attached hydrogens (tertiary/aromatic N) is 2. The molecule has 0 atom stereocenters. The third-order valence-corrected chi connectivity index (χ3v) is 11.9. The van der Waals surface area contributed by atoms with Crippen molar-refractivity contribution in [2.75, 3.05) is 4.90 Å². The van der Waals surface area contributed by atoms with Gasteiger partial charge >= 0.3 is 0 Å². The number of aryl methyl sites for hydroxylation is 1. The lowest BCUT2D eigenvalue weighted by Gasteiger charge is -2.28. The molecule has 0 fully saturated rings. The second-order valence-electron chi connectivity index (χ2n) is 15.8. The Kier molecular flexibility index (Phi) is 9.08. The van der Waals surface area contributed by atoms with E-state index in [0.29, 0.717) is 0 Å². The van der Waals surface area contributed by atoms with Gasteiger partial charge in [0.2, 0.25) is 0 Å². The summed E-state index contributed by atoms with van der Waals surface area (Å²) in [5.41, 5.74) is 22.4. The van der Waals surface area contributed by atoms with Gasteiger partial charge in [0.05, 0.1) is 16.7 Å². The summed E-state index contributed by atoms with van der Waals surface area (Å²) in [6.45, 7) is 11.3. The fourth-order valence-electron chi connectivity index (χ4n) is 8.96. The highest BCUT2D eigenvalue weighted by Crippen LogP contribution is 2.51. The minimum absolute atomic E-state index is 0.107. The number of aromatic nitrogens is 1. The maximum absolute atomic E-state index is 3.73. The van der Waals surface area contributed by atoms with Gasteiger partial charge < -0.3 is 9.47 Å². The van der Waals surface area contributed by atoms with Crippen LogP contribution in [0, 0.1) is 6.92 Å². The number of hydrogen-bond donors (Lipinski definition) is 0. The van der Waals surface area contributed by atoms with Gasteiger partial charge in [0.1, 0.15) is 0 Å². The summed E-state index contributed by atoms with van der Waals surface area (Å²) in [6, 6.07) is 38.7. The topological polar surface area (TPSA) is 8.17 Å². The van der Waals surface area contributed by atoms with E-state index in [-0.39, 0.29) is 5.41 Å². The molecule has 3 aliphatic rings. The van der Waals surface area contributed by atoms with Crippen LogP contribution in [-0.2, 0) is 5.41 Å². The van der Waals surface area contributed by atoms with Crippen molar-refractivity contribution in [3.8, 4) is 22.3 Å². The molecule has 9 rings (SSSR count). The van der Waals surface area contributed by atoms with Crippen LogP contribution in [-0.4, -0.2) is 4.57 Å². The molecule has 0 saturated carbocycles. The number of allylic oxidation sites excluding steroid dienone is 12. The first-order chi connectivity index (χ1) is 27.3. The molecular weight excluding hydrogens is 677 g/mol. The number of fused-ring (bicyclic) bond motifs is 6. The van der Waals surface area contributed by atoms with Crippen LogP contribution in [0.25, 0.3) is 49.8 Å². The Morgan fingerprint density at radius 1 is 0.804 bits per heavy atom. The third kappa shape index (κ3) is 6.08. The first-order valence-corrected chi connectivity index (χ1v) is 20.0. The molecule has 0 unspecified atom stereocenters. The SMILES string of the molecule is C/C=C\C=C(/C)C1=CC(N(c2ccc(-c3ccc4c(c3)c3ccccc3n4C3=CCC=CC=C3)cc2)c2ccc3c(c2)C(C)(C)c2cccc(C)c2-3)=C=CCC1. The molecule has 0 radical (unpaired) electrons. The highest BCUT2D eigenvalue weighted by molar-refractivity contribution is 6.11. The second-order valence-corrected chi connectivity index (χ2v) is 15.8. The molecule has 0 N–H and O–H groups in total. The average Bonchev–Trinajstić information content (AvgIpc) is 3.39. The van der Waals surface area contributed by atoms with Gasteiger partial charge in [0.25, 0.3) is 0 Å². The molecule has 2 heteroatoms. The van der Waals surface area contributed by atoms with E-state index in [0.717, 1.165) is 36.3 Å². The maximum Gasteiger partial charge on any atom is 0.0890 e. The number of anilines is 2. The minimum Gasteiger partial charge on any atom is -0.310 e. The smallest absolute Gasteiger partial charge is 0.0890 e. The Hall–Kier alpha value is -6.34. The summed E-state index contributed by atoms with van der Waals surface area (Å²) >= 11 is 0. The van der Waals surface area contributed by atoms with E-state index in [9.17, 15) is 0 Å². The monoisotopic (exact) mass is 724 g/mol. The zero-order valence-electron chi connectivity index (χ0n) is 33.1. The van der Waals surface area contributed by atoms with Gasteiger partial charge in [0.15, 0.2) is 0 Å². The largest absolute Gasteiger partial charge is 0.310 e. The summed E-state index contributed by atoms with van der Waals surface area (Å²) in [5.74, 6) is 0. The first kappa shape index (κ1) is 35.4. The predicted octanol–water partition coefficient (Wildman–Crippen LogP) is 14.9. The molecule has 56 heavy (non-hydrogen) atoms. The summed E-state index contributed by atoms with van der Waals surface area (Å²) in [4.78, 5) is 2.40. The van der Waals surface area contributed by atoms with Crippen molar-refractivity contribution in [3.05, 3.63) is 203 Å². The third-order valence-electron chi connectivity index (χ3n) is 11.9. The number of hydrogen-bond acceptors (Lipinski definition) is 1. The molecule has 3 aliphatic carbocycles. The number of benzene rings is 5. The molecule has 0 saturated heterocycles. The fraction of sp³-hybridized carbons (Fsp3) is 0.167. The predicted molar refractivity (Wildman–Crippen MR) is 240 cm³/mol. The van der Waals surface area contributed by atoms with Crippen LogP contribution < -0.4 is 4.90 Å². The standard InChI is InChI=1S/C54H48N2/c1-6-7-17-37(2)40-19-12-13-22-44(34-40)55(45-31-32-47-50(36-45)54(4,5)49-24-16-18-38(3)53(47)49)43-29-26-39(27-30-43)41-28-33-52-48(35-41)46-23-14-15-25-51(46)56(52)42-20-10-8-9-11-21-42/h6-10,13-18,20-21,23-36H,11-12,19H2,1-5H3/b7-6-,37-17+. The van der Waals surface area contributed by atoms with Gasteiger partial charge in [-0.15, -0.1) is 0 Å². The maximum atomic E-state index is 3.73.